The maximum absolute atomic E-state index is 12.9. The number of ether oxygens (including phenoxy) is 1. The number of carbonyl (C=O) groups is 2. The molecule has 9 heteroatoms. The molecular formula is C19H16Cl2N2O5. The summed E-state index contributed by atoms with van der Waals surface area (Å²) >= 11 is 11.9. The van der Waals surface area contributed by atoms with Gasteiger partial charge in [0.2, 0.25) is 0 Å². The lowest BCUT2D eigenvalue weighted by Crippen LogP contribution is -2.44. The van der Waals surface area contributed by atoms with Crippen LogP contribution in [0.4, 0.5) is 5.69 Å². The molecule has 1 aliphatic heterocycles. The monoisotopic (exact) mass is 422 g/mol. The van der Waals surface area contributed by atoms with Crippen molar-refractivity contribution in [2.75, 3.05) is 6.54 Å². The van der Waals surface area contributed by atoms with Crippen LogP contribution in [0.15, 0.2) is 42.5 Å². The number of likely N-dealkylation sites (tertiary alicyclic amines) is 1. The first-order chi connectivity index (χ1) is 13.4. The van der Waals surface area contributed by atoms with Gasteiger partial charge in [-0.05, 0) is 49.6 Å². The lowest BCUT2D eigenvalue weighted by molar-refractivity contribution is -0.384. The van der Waals surface area contributed by atoms with E-state index < -0.39 is 22.8 Å². The fraction of sp³-hybridized carbons (Fsp3) is 0.263. The third kappa shape index (κ3) is 4.43. The van der Waals surface area contributed by atoms with Crippen LogP contribution >= 0.6 is 23.2 Å². The second-order valence-corrected chi connectivity index (χ2v) is 7.12. The van der Waals surface area contributed by atoms with Crippen molar-refractivity contribution < 1.29 is 19.2 Å². The summed E-state index contributed by atoms with van der Waals surface area (Å²) < 4.78 is 5.73. The Morgan fingerprint density at radius 2 is 1.86 bits per heavy atom. The molecule has 1 heterocycles. The molecule has 28 heavy (non-hydrogen) atoms. The van der Waals surface area contributed by atoms with E-state index in [0.29, 0.717) is 29.8 Å². The summed E-state index contributed by atoms with van der Waals surface area (Å²) in [5.41, 5.74) is 0.177. The number of nitro groups is 1. The Hall–Kier alpha value is -2.64. The average molecular weight is 423 g/mol. The largest absolute Gasteiger partial charge is 0.479 e. The van der Waals surface area contributed by atoms with Gasteiger partial charge in [0, 0.05) is 29.3 Å². The standard InChI is InChI=1S/C19H16Cl2N2O5/c20-13-6-4-12(5-7-13)18(24)22-10-2-1-3-17(19(22)25)28-16-9-8-14(23(26)27)11-15(16)21/h4-9,11,17H,1-3,10H2. The van der Waals surface area contributed by atoms with Gasteiger partial charge >= 0.3 is 0 Å². The van der Waals surface area contributed by atoms with Crippen LogP contribution in [0.25, 0.3) is 0 Å². The van der Waals surface area contributed by atoms with Crippen LogP contribution in [0, 0.1) is 10.1 Å². The molecule has 0 bridgehead atoms. The fourth-order valence-electron chi connectivity index (χ4n) is 2.92. The zero-order valence-electron chi connectivity index (χ0n) is 14.6. The van der Waals surface area contributed by atoms with Crippen LogP contribution in [-0.4, -0.2) is 34.3 Å². The number of nitro benzene ring substituents is 1. The molecule has 0 radical (unpaired) electrons. The van der Waals surface area contributed by atoms with Crippen molar-refractivity contribution in [3.05, 3.63) is 68.2 Å². The number of halogens is 2. The number of non-ortho nitro benzene ring substituents is 1. The van der Waals surface area contributed by atoms with E-state index in [9.17, 15) is 19.7 Å². The van der Waals surface area contributed by atoms with Crippen LogP contribution < -0.4 is 4.74 Å². The Morgan fingerprint density at radius 1 is 1.14 bits per heavy atom. The summed E-state index contributed by atoms with van der Waals surface area (Å²) in [5.74, 6) is -0.731. The van der Waals surface area contributed by atoms with E-state index in [0.717, 1.165) is 6.07 Å². The molecule has 2 aromatic rings. The minimum absolute atomic E-state index is 0.0295. The van der Waals surface area contributed by atoms with Gasteiger partial charge < -0.3 is 4.74 Å². The third-order valence-electron chi connectivity index (χ3n) is 4.37. The number of carbonyl (C=O) groups excluding carboxylic acids is 2. The predicted octanol–water partition coefficient (Wildman–Crippen LogP) is 4.50. The summed E-state index contributed by atoms with van der Waals surface area (Å²) in [6.45, 7) is 0.286. The summed E-state index contributed by atoms with van der Waals surface area (Å²) in [7, 11) is 0. The Balaban J connectivity index is 1.80. The van der Waals surface area contributed by atoms with Gasteiger partial charge in [-0.25, -0.2) is 0 Å². The third-order valence-corrected chi connectivity index (χ3v) is 4.92. The van der Waals surface area contributed by atoms with Gasteiger partial charge in [0.1, 0.15) is 5.75 Å². The van der Waals surface area contributed by atoms with Crippen molar-refractivity contribution in [1.82, 2.24) is 4.90 Å². The maximum Gasteiger partial charge on any atom is 0.271 e. The van der Waals surface area contributed by atoms with Crippen LogP contribution in [0.2, 0.25) is 10.0 Å². The molecule has 1 atom stereocenters. The Kier molecular flexibility index (Phi) is 6.16. The summed E-state index contributed by atoms with van der Waals surface area (Å²) in [6, 6.07) is 10.1. The minimum Gasteiger partial charge on any atom is -0.479 e. The summed E-state index contributed by atoms with van der Waals surface area (Å²) in [5, 5.41) is 11.3. The lowest BCUT2D eigenvalue weighted by atomic mass is 10.1. The molecule has 0 saturated carbocycles. The molecular weight excluding hydrogens is 407 g/mol. The quantitative estimate of drug-likeness (QED) is 0.410. The number of hydrogen-bond acceptors (Lipinski definition) is 5. The van der Waals surface area contributed by atoms with E-state index in [1.807, 2.05) is 0 Å². The van der Waals surface area contributed by atoms with Crippen molar-refractivity contribution in [1.29, 1.82) is 0 Å². The van der Waals surface area contributed by atoms with E-state index in [4.69, 9.17) is 27.9 Å². The molecule has 7 nitrogen and oxygen atoms in total. The van der Waals surface area contributed by atoms with Gasteiger partial charge in [-0.15, -0.1) is 0 Å². The first-order valence-corrected chi connectivity index (χ1v) is 9.34. The fourth-order valence-corrected chi connectivity index (χ4v) is 3.26. The lowest BCUT2D eigenvalue weighted by Gasteiger charge is -2.23. The van der Waals surface area contributed by atoms with E-state index >= 15 is 0 Å². The molecule has 146 valence electrons. The molecule has 2 aromatic carbocycles. The van der Waals surface area contributed by atoms with Crippen molar-refractivity contribution in [3.63, 3.8) is 0 Å². The van der Waals surface area contributed by atoms with Gasteiger partial charge in [0.05, 0.1) is 9.95 Å². The normalized spacial score (nSPS) is 17.1. The molecule has 2 amide bonds. The molecule has 1 unspecified atom stereocenters. The van der Waals surface area contributed by atoms with Crippen LogP contribution in [-0.2, 0) is 4.79 Å². The first kappa shape index (κ1) is 20.1. The van der Waals surface area contributed by atoms with Crippen molar-refractivity contribution in [3.8, 4) is 5.75 Å². The number of amides is 2. The average Bonchev–Trinajstić information content (AvgIpc) is 2.85. The van der Waals surface area contributed by atoms with Crippen LogP contribution in [0.5, 0.6) is 5.75 Å². The highest BCUT2D eigenvalue weighted by atomic mass is 35.5. The van der Waals surface area contributed by atoms with Crippen molar-refractivity contribution >= 4 is 40.7 Å². The Labute approximate surface area is 170 Å². The van der Waals surface area contributed by atoms with Gasteiger partial charge in [0.15, 0.2) is 6.10 Å². The summed E-state index contributed by atoms with van der Waals surface area (Å²) in [6.07, 6.45) is 0.846. The Bertz CT molecular complexity index is 917. The first-order valence-electron chi connectivity index (χ1n) is 8.58. The predicted molar refractivity (Wildman–Crippen MR) is 104 cm³/mol. The molecule has 0 aromatic heterocycles. The van der Waals surface area contributed by atoms with Crippen LogP contribution in [0.1, 0.15) is 29.6 Å². The van der Waals surface area contributed by atoms with Crippen molar-refractivity contribution in [2.24, 2.45) is 0 Å². The number of hydrogen-bond donors (Lipinski definition) is 0. The topological polar surface area (TPSA) is 89.8 Å². The number of rotatable bonds is 4. The zero-order valence-corrected chi connectivity index (χ0v) is 16.2. The highest BCUT2D eigenvalue weighted by Crippen LogP contribution is 2.31. The smallest absolute Gasteiger partial charge is 0.271 e. The number of benzene rings is 2. The maximum atomic E-state index is 12.9. The van der Waals surface area contributed by atoms with Gasteiger partial charge in [-0.3, -0.25) is 24.6 Å². The van der Waals surface area contributed by atoms with Gasteiger partial charge in [0.25, 0.3) is 17.5 Å². The van der Waals surface area contributed by atoms with E-state index in [-0.39, 0.29) is 23.0 Å². The zero-order chi connectivity index (χ0) is 20.3. The molecule has 1 saturated heterocycles. The highest BCUT2D eigenvalue weighted by molar-refractivity contribution is 6.32. The molecule has 0 spiro atoms. The van der Waals surface area contributed by atoms with E-state index in [2.05, 4.69) is 0 Å². The second kappa shape index (κ2) is 8.58. The van der Waals surface area contributed by atoms with Crippen LogP contribution in [0.3, 0.4) is 0 Å². The molecule has 1 fully saturated rings. The SMILES string of the molecule is O=C(c1ccc(Cl)cc1)N1CCCCC(Oc2ccc([N+](=O)[O-])cc2Cl)C1=O. The number of imide groups is 1. The van der Waals surface area contributed by atoms with Crippen molar-refractivity contribution in [2.45, 2.75) is 25.4 Å². The highest BCUT2D eigenvalue weighted by Gasteiger charge is 2.33. The molecule has 0 N–H and O–H groups in total. The summed E-state index contributed by atoms with van der Waals surface area (Å²) in [4.78, 5) is 37.1. The van der Waals surface area contributed by atoms with Gasteiger partial charge in [-0.1, -0.05) is 23.2 Å². The second-order valence-electron chi connectivity index (χ2n) is 6.28. The molecule has 3 rings (SSSR count). The molecule has 1 aliphatic rings. The molecule has 0 aliphatic carbocycles. The van der Waals surface area contributed by atoms with E-state index in [1.165, 1.54) is 17.0 Å². The van der Waals surface area contributed by atoms with E-state index in [1.54, 1.807) is 24.3 Å². The Morgan fingerprint density at radius 3 is 2.50 bits per heavy atom. The number of nitrogens with zero attached hydrogens (tertiary/aromatic N) is 2. The minimum atomic E-state index is -0.905. The van der Waals surface area contributed by atoms with Gasteiger partial charge in [-0.2, -0.15) is 0 Å².